The van der Waals surface area contributed by atoms with Crippen LogP contribution in [-0.2, 0) is 6.42 Å². The molecule has 0 saturated heterocycles. The van der Waals surface area contributed by atoms with Crippen molar-refractivity contribution in [2.24, 2.45) is 0 Å². The molecule has 0 aliphatic rings. The van der Waals surface area contributed by atoms with Crippen molar-refractivity contribution in [3.8, 4) is 0 Å². The number of thiophene rings is 1. The van der Waals surface area contributed by atoms with E-state index in [2.05, 4.69) is 4.98 Å². The van der Waals surface area contributed by atoms with E-state index in [-0.39, 0.29) is 11.6 Å². The summed E-state index contributed by atoms with van der Waals surface area (Å²) in [6.45, 7) is 2.01. The fourth-order valence-corrected chi connectivity index (χ4v) is 3.50. The maximum Gasteiger partial charge on any atom is 0.263 e. The van der Waals surface area contributed by atoms with Crippen molar-refractivity contribution in [1.29, 1.82) is 0 Å². The Hall–Kier alpha value is -1.66. The standard InChI is InChI=1S/C14H14N2O2S2/c1-9(4-5-10-3-2-7-18-10)16-13(17)11-6-8-20-12(11)15-14(16)19/h2-3,6-9H,4-5H2,1H3,(H,15,19). The summed E-state index contributed by atoms with van der Waals surface area (Å²) < 4.78 is 7.46. The fourth-order valence-electron chi connectivity index (χ4n) is 2.29. The van der Waals surface area contributed by atoms with E-state index in [0.717, 1.165) is 23.4 Å². The summed E-state index contributed by atoms with van der Waals surface area (Å²) in [5.74, 6) is 0.927. The molecule has 0 saturated carbocycles. The van der Waals surface area contributed by atoms with Crippen LogP contribution in [0.3, 0.4) is 0 Å². The van der Waals surface area contributed by atoms with Crippen LogP contribution < -0.4 is 5.56 Å². The van der Waals surface area contributed by atoms with Crippen LogP contribution in [0.1, 0.15) is 25.1 Å². The molecule has 3 rings (SSSR count). The molecule has 0 radical (unpaired) electrons. The van der Waals surface area contributed by atoms with Crippen LogP contribution in [0, 0.1) is 4.77 Å². The van der Waals surface area contributed by atoms with Gasteiger partial charge >= 0.3 is 0 Å². The Morgan fingerprint density at radius 2 is 2.35 bits per heavy atom. The van der Waals surface area contributed by atoms with Crippen LogP contribution in [-0.4, -0.2) is 9.55 Å². The smallest absolute Gasteiger partial charge is 0.263 e. The van der Waals surface area contributed by atoms with Crippen molar-refractivity contribution in [3.05, 3.63) is 50.7 Å². The first-order valence-electron chi connectivity index (χ1n) is 6.41. The summed E-state index contributed by atoms with van der Waals surface area (Å²) in [4.78, 5) is 16.4. The second-order valence-electron chi connectivity index (χ2n) is 4.74. The first-order valence-corrected chi connectivity index (χ1v) is 7.70. The quantitative estimate of drug-likeness (QED) is 0.744. The lowest BCUT2D eigenvalue weighted by molar-refractivity contribution is 0.441. The highest BCUT2D eigenvalue weighted by molar-refractivity contribution is 7.71. The van der Waals surface area contributed by atoms with Gasteiger partial charge in [-0.05, 0) is 49.1 Å². The molecule has 0 bridgehead atoms. The molecular weight excluding hydrogens is 292 g/mol. The number of fused-ring (bicyclic) bond motifs is 1. The summed E-state index contributed by atoms with van der Waals surface area (Å²) in [7, 11) is 0. The molecule has 6 heteroatoms. The van der Waals surface area contributed by atoms with E-state index in [1.165, 1.54) is 11.3 Å². The number of aromatic nitrogens is 2. The van der Waals surface area contributed by atoms with Gasteiger partial charge in [-0.15, -0.1) is 11.3 Å². The van der Waals surface area contributed by atoms with Crippen molar-refractivity contribution in [3.63, 3.8) is 0 Å². The van der Waals surface area contributed by atoms with E-state index in [1.807, 2.05) is 30.5 Å². The number of hydrogen-bond donors (Lipinski definition) is 1. The maximum absolute atomic E-state index is 12.5. The minimum atomic E-state index is -0.0167. The average molecular weight is 306 g/mol. The van der Waals surface area contributed by atoms with E-state index >= 15 is 0 Å². The summed E-state index contributed by atoms with van der Waals surface area (Å²) >= 11 is 6.81. The summed E-state index contributed by atoms with van der Waals surface area (Å²) in [6, 6.07) is 5.68. The molecule has 0 fully saturated rings. The first-order chi connectivity index (χ1) is 9.66. The van der Waals surface area contributed by atoms with E-state index in [1.54, 1.807) is 10.8 Å². The molecule has 1 unspecified atom stereocenters. The zero-order valence-corrected chi connectivity index (χ0v) is 12.6. The van der Waals surface area contributed by atoms with E-state index in [0.29, 0.717) is 10.2 Å². The molecule has 104 valence electrons. The molecular formula is C14H14N2O2S2. The van der Waals surface area contributed by atoms with Gasteiger partial charge in [0.2, 0.25) is 0 Å². The number of rotatable bonds is 4. The molecule has 1 N–H and O–H groups in total. The third kappa shape index (κ3) is 2.36. The molecule has 3 heterocycles. The summed E-state index contributed by atoms with van der Waals surface area (Å²) in [6.07, 6.45) is 3.26. The predicted octanol–water partition coefficient (Wildman–Crippen LogP) is 3.91. The van der Waals surface area contributed by atoms with Gasteiger partial charge < -0.3 is 9.40 Å². The molecule has 0 aromatic carbocycles. The maximum atomic E-state index is 12.5. The van der Waals surface area contributed by atoms with Gasteiger partial charge in [0.15, 0.2) is 4.77 Å². The second kappa shape index (κ2) is 5.38. The van der Waals surface area contributed by atoms with Crippen molar-refractivity contribution in [2.75, 3.05) is 0 Å². The second-order valence-corrected chi connectivity index (χ2v) is 6.04. The lowest BCUT2D eigenvalue weighted by Crippen LogP contribution is -2.25. The predicted molar refractivity (Wildman–Crippen MR) is 83.0 cm³/mol. The Morgan fingerprint density at radius 3 is 3.10 bits per heavy atom. The van der Waals surface area contributed by atoms with Crippen molar-refractivity contribution in [1.82, 2.24) is 9.55 Å². The van der Waals surface area contributed by atoms with Crippen LogP contribution in [0.25, 0.3) is 10.2 Å². The van der Waals surface area contributed by atoms with Crippen molar-refractivity contribution in [2.45, 2.75) is 25.8 Å². The van der Waals surface area contributed by atoms with Crippen molar-refractivity contribution < 1.29 is 4.42 Å². The molecule has 3 aromatic rings. The number of nitrogens with one attached hydrogen (secondary N) is 1. The molecule has 0 aliphatic heterocycles. The molecule has 4 nitrogen and oxygen atoms in total. The van der Waals surface area contributed by atoms with Crippen LogP contribution in [0.5, 0.6) is 0 Å². The Bertz CT molecular complexity index is 827. The Morgan fingerprint density at radius 1 is 1.50 bits per heavy atom. The number of furan rings is 1. The topological polar surface area (TPSA) is 50.9 Å². The van der Waals surface area contributed by atoms with E-state index < -0.39 is 0 Å². The lowest BCUT2D eigenvalue weighted by Gasteiger charge is -2.14. The third-order valence-corrected chi connectivity index (χ3v) is 4.51. The van der Waals surface area contributed by atoms with E-state index in [4.69, 9.17) is 16.6 Å². The normalized spacial score (nSPS) is 12.8. The Balaban J connectivity index is 1.92. The van der Waals surface area contributed by atoms with Gasteiger partial charge in [0.25, 0.3) is 5.56 Å². The number of H-pyrrole nitrogens is 1. The first kappa shape index (κ1) is 13.3. The molecule has 0 amide bonds. The largest absolute Gasteiger partial charge is 0.469 e. The van der Waals surface area contributed by atoms with Gasteiger partial charge in [0.1, 0.15) is 10.6 Å². The highest BCUT2D eigenvalue weighted by Gasteiger charge is 2.13. The van der Waals surface area contributed by atoms with Crippen LogP contribution in [0.2, 0.25) is 0 Å². The van der Waals surface area contributed by atoms with Gasteiger partial charge in [-0.25, -0.2) is 0 Å². The minimum Gasteiger partial charge on any atom is -0.469 e. The molecule has 0 spiro atoms. The average Bonchev–Trinajstić information content (AvgIpc) is 3.06. The van der Waals surface area contributed by atoms with Gasteiger partial charge in [-0.3, -0.25) is 9.36 Å². The zero-order chi connectivity index (χ0) is 14.1. The number of aromatic amines is 1. The van der Waals surface area contributed by atoms with Gasteiger partial charge in [0, 0.05) is 12.5 Å². The number of nitrogens with zero attached hydrogens (tertiary/aromatic N) is 1. The van der Waals surface area contributed by atoms with Crippen LogP contribution in [0.15, 0.2) is 39.1 Å². The van der Waals surface area contributed by atoms with Gasteiger partial charge in [0.05, 0.1) is 11.6 Å². The monoisotopic (exact) mass is 306 g/mol. The van der Waals surface area contributed by atoms with Gasteiger partial charge in [-0.1, -0.05) is 0 Å². The lowest BCUT2D eigenvalue weighted by atomic mass is 10.1. The minimum absolute atomic E-state index is 0.0167. The highest BCUT2D eigenvalue weighted by atomic mass is 32.1. The third-order valence-electron chi connectivity index (χ3n) is 3.38. The van der Waals surface area contributed by atoms with Crippen molar-refractivity contribution >= 4 is 33.8 Å². The zero-order valence-electron chi connectivity index (χ0n) is 11.0. The molecule has 3 aromatic heterocycles. The molecule has 1 atom stereocenters. The molecule has 0 aliphatic carbocycles. The van der Waals surface area contributed by atoms with Gasteiger partial charge in [-0.2, -0.15) is 0 Å². The highest BCUT2D eigenvalue weighted by Crippen LogP contribution is 2.18. The van der Waals surface area contributed by atoms with Crippen LogP contribution >= 0.6 is 23.6 Å². The molecule has 20 heavy (non-hydrogen) atoms. The fraction of sp³-hybridized carbons (Fsp3) is 0.286. The van der Waals surface area contributed by atoms with Crippen LogP contribution in [0.4, 0.5) is 0 Å². The summed E-state index contributed by atoms with van der Waals surface area (Å²) in [5.41, 5.74) is -0.0167. The summed E-state index contributed by atoms with van der Waals surface area (Å²) in [5, 5.41) is 2.60. The number of aryl methyl sites for hydroxylation is 1. The number of hydrogen-bond acceptors (Lipinski definition) is 4. The Labute approximate surface area is 124 Å². The Kier molecular flexibility index (Phi) is 3.58. The SMILES string of the molecule is CC(CCc1ccco1)n1c(=S)[nH]c2sccc2c1=O. The van der Waals surface area contributed by atoms with E-state index in [9.17, 15) is 4.79 Å².